The average molecular weight is 357 g/mol. The number of fused-ring (bicyclic) bond motifs is 1. The second-order valence-electron chi connectivity index (χ2n) is 6.28. The van der Waals surface area contributed by atoms with Crippen LogP contribution >= 0.6 is 0 Å². The number of para-hydroxylation sites is 2. The summed E-state index contributed by atoms with van der Waals surface area (Å²) in [6.07, 6.45) is -0.887. The smallest absolute Gasteiger partial charge is 0.260 e. The van der Waals surface area contributed by atoms with E-state index in [1.807, 2.05) is 0 Å². The Morgan fingerprint density at radius 3 is 2.77 bits per heavy atom. The van der Waals surface area contributed by atoms with E-state index in [0.717, 1.165) is 5.56 Å². The normalized spacial score (nSPS) is 16.1. The SMILES string of the molecule is CN(CC(=O)N1CC(C(N)=O)Oc2ccccc21)Cc1cccc(F)c1. The summed E-state index contributed by atoms with van der Waals surface area (Å²) in [5, 5.41) is 0. The second kappa shape index (κ2) is 7.53. The molecule has 6 nitrogen and oxygen atoms in total. The molecule has 0 bridgehead atoms. The summed E-state index contributed by atoms with van der Waals surface area (Å²) < 4.78 is 18.9. The zero-order valence-electron chi connectivity index (χ0n) is 14.4. The Kier molecular flexibility index (Phi) is 5.18. The first-order valence-corrected chi connectivity index (χ1v) is 8.22. The van der Waals surface area contributed by atoms with Crippen molar-refractivity contribution < 1.29 is 18.7 Å². The molecule has 0 spiro atoms. The quantitative estimate of drug-likeness (QED) is 0.881. The van der Waals surface area contributed by atoms with E-state index in [-0.39, 0.29) is 24.8 Å². The van der Waals surface area contributed by atoms with Gasteiger partial charge in [-0.05, 0) is 36.9 Å². The summed E-state index contributed by atoms with van der Waals surface area (Å²) >= 11 is 0. The van der Waals surface area contributed by atoms with E-state index in [1.54, 1.807) is 48.3 Å². The Hall–Kier alpha value is -2.93. The molecule has 136 valence electrons. The summed E-state index contributed by atoms with van der Waals surface area (Å²) in [4.78, 5) is 27.6. The van der Waals surface area contributed by atoms with Gasteiger partial charge in [-0.15, -0.1) is 0 Å². The van der Waals surface area contributed by atoms with Gasteiger partial charge in [0.15, 0.2) is 6.10 Å². The van der Waals surface area contributed by atoms with Gasteiger partial charge >= 0.3 is 0 Å². The number of anilines is 1. The van der Waals surface area contributed by atoms with Crippen molar-refractivity contribution in [3.8, 4) is 5.75 Å². The molecular weight excluding hydrogens is 337 g/mol. The summed E-state index contributed by atoms with van der Waals surface area (Å²) in [7, 11) is 1.78. The summed E-state index contributed by atoms with van der Waals surface area (Å²) in [6, 6.07) is 13.3. The number of hydrogen-bond donors (Lipinski definition) is 1. The van der Waals surface area contributed by atoms with Crippen LogP contribution in [0.25, 0.3) is 0 Å². The lowest BCUT2D eigenvalue weighted by molar-refractivity contribution is -0.125. The highest BCUT2D eigenvalue weighted by Gasteiger charge is 2.32. The van der Waals surface area contributed by atoms with Crippen LogP contribution in [0.2, 0.25) is 0 Å². The molecule has 2 N–H and O–H groups in total. The second-order valence-corrected chi connectivity index (χ2v) is 6.28. The lowest BCUT2D eigenvalue weighted by Gasteiger charge is -2.34. The van der Waals surface area contributed by atoms with E-state index in [9.17, 15) is 14.0 Å². The fourth-order valence-corrected chi connectivity index (χ4v) is 2.94. The third-order valence-electron chi connectivity index (χ3n) is 4.14. The van der Waals surface area contributed by atoms with Crippen molar-refractivity contribution in [2.24, 2.45) is 5.73 Å². The minimum atomic E-state index is -0.887. The molecule has 2 amide bonds. The molecule has 2 aromatic rings. The Morgan fingerprint density at radius 1 is 1.27 bits per heavy atom. The number of ether oxygens (including phenoxy) is 1. The summed E-state index contributed by atoms with van der Waals surface area (Å²) in [6.45, 7) is 0.601. The number of rotatable bonds is 5. The third-order valence-corrected chi connectivity index (χ3v) is 4.14. The van der Waals surface area contributed by atoms with E-state index in [4.69, 9.17) is 10.5 Å². The number of likely N-dealkylation sites (N-methyl/N-ethyl adjacent to an activating group) is 1. The first kappa shape index (κ1) is 17.9. The van der Waals surface area contributed by atoms with E-state index in [2.05, 4.69) is 0 Å². The van der Waals surface area contributed by atoms with Crippen molar-refractivity contribution in [1.82, 2.24) is 4.90 Å². The maximum absolute atomic E-state index is 13.3. The molecule has 1 aliphatic rings. The molecule has 0 saturated heterocycles. The van der Waals surface area contributed by atoms with Crippen LogP contribution < -0.4 is 15.4 Å². The number of hydrogen-bond acceptors (Lipinski definition) is 4. The molecule has 1 unspecified atom stereocenters. The van der Waals surface area contributed by atoms with Crippen LogP contribution in [-0.4, -0.2) is 43.0 Å². The maximum atomic E-state index is 13.3. The fraction of sp³-hybridized carbons (Fsp3) is 0.263. The number of nitrogens with zero attached hydrogens (tertiary/aromatic N) is 2. The largest absolute Gasteiger partial charge is 0.477 e. The molecule has 1 heterocycles. The van der Waals surface area contributed by atoms with Crippen molar-refractivity contribution >= 4 is 17.5 Å². The van der Waals surface area contributed by atoms with Crippen molar-refractivity contribution in [2.75, 3.05) is 25.0 Å². The molecule has 7 heteroatoms. The molecule has 1 aliphatic heterocycles. The zero-order valence-corrected chi connectivity index (χ0v) is 14.4. The van der Waals surface area contributed by atoms with Gasteiger partial charge in [-0.25, -0.2) is 4.39 Å². The first-order valence-electron chi connectivity index (χ1n) is 8.22. The van der Waals surface area contributed by atoms with E-state index in [1.165, 1.54) is 17.0 Å². The van der Waals surface area contributed by atoms with Crippen LogP contribution in [0.1, 0.15) is 5.56 Å². The molecule has 0 fully saturated rings. The first-order chi connectivity index (χ1) is 12.4. The van der Waals surface area contributed by atoms with Crippen LogP contribution in [-0.2, 0) is 16.1 Å². The third kappa shape index (κ3) is 4.00. The molecule has 0 aromatic heterocycles. The minimum Gasteiger partial charge on any atom is -0.477 e. The lowest BCUT2D eigenvalue weighted by Crippen LogP contribution is -2.51. The monoisotopic (exact) mass is 357 g/mol. The van der Waals surface area contributed by atoms with Crippen LogP contribution in [0.4, 0.5) is 10.1 Å². The van der Waals surface area contributed by atoms with Gasteiger partial charge in [-0.1, -0.05) is 24.3 Å². The molecular formula is C19H20FN3O3. The summed E-state index contributed by atoms with van der Waals surface area (Å²) in [5.41, 5.74) is 6.74. The predicted molar refractivity (Wildman–Crippen MR) is 95.1 cm³/mol. The maximum Gasteiger partial charge on any atom is 0.260 e. The molecule has 1 atom stereocenters. The van der Waals surface area contributed by atoms with Gasteiger partial charge in [0.25, 0.3) is 5.91 Å². The van der Waals surface area contributed by atoms with E-state index >= 15 is 0 Å². The Bertz CT molecular complexity index is 827. The van der Waals surface area contributed by atoms with Gasteiger partial charge in [0.05, 0.1) is 18.8 Å². The highest BCUT2D eigenvalue weighted by atomic mass is 19.1. The van der Waals surface area contributed by atoms with Crippen LogP contribution in [0.3, 0.4) is 0 Å². The van der Waals surface area contributed by atoms with Gasteiger partial charge in [0.2, 0.25) is 5.91 Å². The number of nitrogens with two attached hydrogens (primary N) is 1. The Labute approximate surface area is 150 Å². The molecule has 3 rings (SSSR count). The number of primary amides is 1. The number of carbonyl (C=O) groups is 2. The number of halogens is 1. The van der Waals surface area contributed by atoms with Crippen molar-refractivity contribution in [1.29, 1.82) is 0 Å². The molecule has 0 saturated carbocycles. The molecule has 0 aliphatic carbocycles. The molecule has 26 heavy (non-hydrogen) atoms. The summed E-state index contributed by atoms with van der Waals surface area (Å²) in [5.74, 6) is -0.673. The lowest BCUT2D eigenvalue weighted by atomic mass is 10.1. The van der Waals surface area contributed by atoms with Gasteiger partial charge < -0.3 is 15.4 Å². The van der Waals surface area contributed by atoms with E-state index in [0.29, 0.717) is 18.0 Å². The number of benzene rings is 2. The highest BCUT2D eigenvalue weighted by Crippen LogP contribution is 2.33. The van der Waals surface area contributed by atoms with Crippen molar-refractivity contribution in [3.63, 3.8) is 0 Å². The average Bonchev–Trinajstić information content (AvgIpc) is 2.60. The number of amides is 2. The van der Waals surface area contributed by atoms with Crippen LogP contribution in [0.5, 0.6) is 5.75 Å². The van der Waals surface area contributed by atoms with Gasteiger partial charge in [-0.2, -0.15) is 0 Å². The standard InChI is InChI=1S/C19H20FN3O3/c1-22(10-13-5-4-6-14(20)9-13)12-18(24)23-11-17(19(21)25)26-16-8-3-2-7-15(16)23/h2-9,17H,10-12H2,1H3,(H2,21,25). The van der Waals surface area contributed by atoms with Crippen molar-refractivity contribution in [3.05, 3.63) is 59.9 Å². The Morgan fingerprint density at radius 2 is 2.04 bits per heavy atom. The Balaban J connectivity index is 1.73. The van der Waals surface area contributed by atoms with Gasteiger partial charge in [0, 0.05) is 6.54 Å². The minimum absolute atomic E-state index is 0.0684. The van der Waals surface area contributed by atoms with Crippen molar-refractivity contribution in [2.45, 2.75) is 12.6 Å². The van der Waals surface area contributed by atoms with Crippen LogP contribution in [0.15, 0.2) is 48.5 Å². The topological polar surface area (TPSA) is 75.9 Å². The predicted octanol–water partition coefficient (Wildman–Crippen LogP) is 1.54. The van der Waals surface area contributed by atoms with Gasteiger partial charge in [0.1, 0.15) is 11.6 Å². The van der Waals surface area contributed by atoms with E-state index < -0.39 is 12.0 Å². The molecule has 0 radical (unpaired) electrons. The fourth-order valence-electron chi connectivity index (χ4n) is 2.94. The van der Waals surface area contributed by atoms with Crippen LogP contribution in [0, 0.1) is 5.82 Å². The number of carbonyl (C=O) groups excluding carboxylic acids is 2. The highest BCUT2D eigenvalue weighted by molar-refractivity contribution is 5.98. The van der Waals surface area contributed by atoms with Gasteiger partial charge in [-0.3, -0.25) is 14.5 Å². The zero-order chi connectivity index (χ0) is 18.7. The molecule has 2 aromatic carbocycles.